The van der Waals surface area contributed by atoms with Gasteiger partial charge in [-0.15, -0.1) is 12.4 Å². The van der Waals surface area contributed by atoms with Gasteiger partial charge in [-0.25, -0.2) is 0 Å². The highest BCUT2D eigenvalue weighted by molar-refractivity contribution is 5.96. The minimum Gasteiger partial charge on any atom is -0.493 e. The zero-order valence-corrected chi connectivity index (χ0v) is 23.6. The molecule has 0 spiro atoms. The summed E-state index contributed by atoms with van der Waals surface area (Å²) < 4.78 is 10.9. The number of methoxy groups -OCH3 is 1. The molecular formula is C27H47ClN4O5. The highest BCUT2D eigenvalue weighted by atomic mass is 35.5. The average Bonchev–Trinajstić information content (AvgIpc) is 3.27. The van der Waals surface area contributed by atoms with Gasteiger partial charge in [0.15, 0.2) is 0 Å². The van der Waals surface area contributed by atoms with Crippen LogP contribution >= 0.6 is 12.4 Å². The Hall–Kier alpha value is -1.91. The van der Waals surface area contributed by atoms with Crippen LogP contribution in [0.25, 0.3) is 0 Å². The predicted octanol–water partition coefficient (Wildman–Crippen LogP) is 2.20. The number of hydrogen-bond acceptors (Lipinski definition) is 7. The first kappa shape index (κ1) is 33.1. The molecule has 0 unspecified atom stereocenters. The molecule has 1 aliphatic rings. The molecule has 1 aliphatic heterocycles. The van der Waals surface area contributed by atoms with Gasteiger partial charge in [-0.05, 0) is 49.7 Å². The molecule has 1 aromatic carbocycles. The van der Waals surface area contributed by atoms with E-state index in [-0.39, 0.29) is 42.1 Å². The number of para-hydroxylation sites is 1. The summed E-state index contributed by atoms with van der Waals surface area (Å²) >= 11 is 0. The molecule has 2 amide bonds. The summed E-state index contributed by atoms with van der Waals surface area (Å²) in [6.45, 7) is 9.43. The molecular weight excluding hydrogens is 496 g/mol. The van der Waals surface area contributed by atoms with Crippen molar-refractivity contribution in [1.82, 2.24) is 15.5 Å². The number of β-amino-alcohol motifs (C(OH)–C–C–N with tert-alkyl or cyclic N) is 1. The SMILES string of the molecule is COCCCCOc1ccccc1C(=O)NC[C@@H](C[C@H](N)[C@@H](O)CN1CC[C@H](NC(C)=O)C1)C(C)C.Cl. The van der Waals surface area contributed by atoms with Crippen LogP contribution in [0.3, 0.4) is 0 Å². The Balaban J connectivity index is 0.00000684. The standard InChI is InChI=1S/C27H46N4O5.ClH/c1-19(2)21(15-24(28)25(33)18-31-12-11-22(17-31)30-20(3)32)16-29-27(34)23-9-5-6-10-26(23)36-14-8-7-13-35-4;/h5-6,9-10,19,21-22,24-25,33H,7-8,11-18,28H2,1-4H3,(H,29,34)(H,30,32);1H/t21-,22+,24+,25+;/m1./s1. The minimum atomic E-state index is -0.676. The lowest BCUT2D eigenvalue weighted by molar-refractivity contribution is -0.119. The van der Waals surface area contributed by atoms with Gasteiger partial charge in [0.25, 0.3) is 5.91 Å². The molecule has 4 atom stereocenters. The zero-order chi connectivity index (χ0) is 26.5. The molecule has 1 heterocycles. The number of ether oxygens (including phenoxy) is 2. The third-order valence-corrected chi connectivity index (χ3v) is 6.79. The fraction of sp³-hybridized carbons (Fsp3) is 0.704. The van der Waals surface area contributed by atoms with E-state index >= 15 is 0 Å². The number of nitrogens with two attached hydrogens (primary N) is 1. The Labute approximate surface area is 228 Å². The molecule has 10 heteroatoms. The molecule has 1 aromatic rings. The first-order chi connectivity index (χ1) is 17.2. The topological polar surface area (TPSA) is 126 Å². The fourth-order valence-corrected chi connectivity index (χ4v) is 4.53. The number of benzene rings is 1. The molecule has 0 aliphatic carbocycles. The van der Waals surface area contributed by atoms with E-state index < -0.39 is 12.1 Å². The second-order valence-corrected chi connectivity index (χ2v) is 10.2. The summed E-state index contributed by atoms with van der Waals surface area (Å²) in [6, 6.07) is 6.99. The van der Waals surface area contributed by atoms with E-state index in [4.69, 9.17) is 15.2 Å². The van der Waals surface area contributed by atoms with E-state index in [0.29, 0.717) is 44.0 Å². The Kier molecular flexibility index (Phi) is 15.7. The maximum Gasteiger partial charge on any atom is 0.255 e. The van der Waals surface area contributed by atoms with Crippen LogP contribution in [-0.2, 0) is 9.53 Å². The summed E-state index contributed by atoms with van der Waals surface area (Å²) in [6.07, 6.45) is 2.55. The molecule has 0 saturated carbocycles. The number of halogens is 1. The maximum absolute atomic E-state index is 13.0. The summed E-state index contributed by atoms with van der Waals surface area (Å²) in [4.78, 5) is 26.4. The second kappa shape index (κ2) is 17.6. The first-order valence-electron chi connectivity index (χ1n) is 13.1. The minimum absolute atomic E-state index is 0. The molecule has 1 fully saturated rings. The number of rotatable bonds is 16. The van der Waals surface area contributed by atoms with Gasteiger partial charge >= 0.3 is 0 Å². The Morgan fingerprint density at radius 2 is 1.92 bits per heavy atom. The molecule has 2 rings (SSSR count). The Morgan fingerprint density at radius 3 is 2.59 bits per heavy atom. The van der Waals surface area contributed by atoms with Crippen LogP contribution in [-0.4, -0.2) is 86.5 Å². The number of carbonyl (C=O) groups is 2. The van der Waals surface area contributed by atoms with Crippen molar-refractivity contribution in [3.63, 3.8) is 0 Å². The van der Waals surface area contributed by atoms with Crippen LogP contribution in [0, 0.1) is 11.8 Å². The highest BCUT2D eigenvalue weighted by Gasteiger charge is 2.28. The molecule has 0 bridgehead atoms. The zero-order valence-electron chi connectivity index (χ0n) is 22.8. The normalized spacial score (nSPS) is 18.1. The van der Waals surface area contributed by atoms with Crippen molar-refractivity contribution < 1.29 is 24.2 Å². The van der Waals surface area contributed by atoms with Crippen molar-refractivity contribution >= 4 is 24.2 Å². The van der Waals surface area contributed by atoms with Gasteiger partial charge in [-0.1, -0.05) is 26.0 Å². The lowest BCUT2D eigenvalue weighted by atomic mass is 9.87. The molecule has 37 heavy (non-hydrogen) atoms. The van der Waals surface area contributed by atoms with Crippen LogP contribution < -0.4 is 21.1 Å². The molecule has 0 aromatic heterocycles. The quantitative estimate of drug-likeness (QED) is 0.236. The highest BCUT2D eigenvalue weighted by Crippen LogP contribution is 2.21. The van der Waals surface area contributed by atoms with Gasteiger partial charge < -0.3 is 30.9 Å². The largest absolute Gasteiger partial charge is 0.493 e. The number of hydrogen-bond donors (Lipinski definition) is 4. The van der Waals surface area contributed by atoms with Crippen molar-refractivity contribution in [3.05, 3.63) is 29.8 Å². The molecule has 5 N–H and O–H groups in total. The van der Waals surface area contributed by atoms with Gasteiger partial charge in [0, 0.05) is 58.9 Å². The molecule has 1 saturated heterocycles. The van der Waals surface area contributed by atoms with E-state index in [1.165, 1.54) is 6.92 Å². The number of nitrogens with one attached hydrogen (secondary N) is 2. The van der Waals surface area contributed by atoms with Gasteiger partial charge in [0.1, 0.15) is 5.75 Å². The van der Waals surface area contributed by atoms with Crippen molar-refractivity contribution in [2.24, 2.45) is 17.6 Å². The first-order valence-corrected chi connectivity index (χ1v) is 13.1. The van der Waals surface area contributed by atoms with Crippen LogP contribution in [0.1, 0.15) is 56.8 Å². The number of carbonyl (C=O) groups excluding carboxylic acids is 2. The van der Waals surface area contributed by atoms with Gasteiger partial charge in [-0.2, -0.15) is 0 Å². The number of nitrogens with zero attached hydrogens (tertiary/aromatic N) is 1. The molecule has 212 valence electrons. The summed E-state index contributed by atoms with van der Waals surface area (Å²) in [5, 5.41) is 16.7. The van der Waals surface area contributed by atoms with Gasteiger partial charge in [0.2, 0.25) is 5.91 Å². The van der Waals surface area contributed by atoms with E-state index in [9.17, 15) is 14.7 Å². The summed E-state index contributed by atoms with van der Waals surface area (Å²) in [5.41, 5.74) is 6.91. The third-order valence-electron chi connectivity index (χ3n) is 6.79. The maximum atomic E-state index is 13.0. The number of unbranched alkanes of at least 4 members (excludes halogenated alkanes) is 1. The van der Waals surface area contributed by atoms with Crippen molar-refractivity contribution in [1.29, 1.82) is 0 Å². The van der Waals surface area contributed by atoms with E-state index in [0.717, 1.165) is 32.4 Å². The van der Waals surface area contributed by atoms with Crippen molar-refractivity contribution in [3.8, 4) is 5.75 Å². The van der Waals surface area contributed by atoms with Crippen molar-refractivity contribution in [2.45, 2.75) is 64.6 Å². The van der Waals surface area contributed by atoms with Crippen LogP contribution in [0.2, 0.25) is 0 Å². The molecule has 0 radical (unpaired) electrons. The second-order valence-electron chi connectivity index (χ2n) is 10.2. The van der Waals surface area contributed by atoms with Gasteiger partial charge in [0.05, 0.1) is 18.3 Å². The molecule has 9 nitrogen and oxygen atoms in total. The van der Waals surface area contributed by atoms with Crippen molar-refractivity contribution in [2.75, 3.05) is 46.5 Å². The van der Waals surface area contributed by atoms with E-state index in [1.54, 1.807) is 13.2 Å². The lowest BCUT2D eigenvalue weighted by Gasteiger charge is -2.29. The van der Waals surface area contributed by atoms with E-state index in [1.807, 2.05) is 18.2 Å². The number of amides is 2. The summed E-state index contributed by atoms with van der Waals surface area (Å²) in [5.74, 6) is 0.766. The fourth-order valence-electron chi connectivity index (χ4n) is 4.53. The lowest BCUT2D eigenvalue weighted by Crippen LogP contribution is -2.46. The van der Waals surface area contributed by atoms with Crippen LogP contribution in [0.4, 0.5) is 0 Å². The van der Waals surface area contributed by atoms with Crippen LogP contribution in [0.5, 0.6) is 5.75 Å². The average molecular weight is 543 g/mol. The van der Waals surface area contributed by atoms with E-state index in [2.05, 4.69) is 29.4 Å². The monoisotopic (exact) mass is 542 g/mol. The van der Waals surface area contributed by atoms with Crippen LogP contribution in [0.15, 0.2) is 24.3 Å². The number of likely N-dealkylation sites (tertiary alicyclic amines) is 1. The number of aliphatic hydroxyl groups is 1. The third kappa shape index (κ3) is 12.0. The van der Waals surface area contributed by atoms with Gasteiger partial charge in [-0.3, -0.25) is 14.5 Å². The number of aliphatic hydroxyl groups excluding tert-OH is 1. The Morgan fingerprint density at radius 1 is 1.22 bits per heavy atom. The smallest absolute Gasteiger partial charge is 0.255 e. The Bertz CT molecular complexity index is 813. The predicted molar refractivity (Wildman–Crippen MR) is 148 cm³/mol. The summed E-state index contributed by atoms with van der Waals surface area (Å²) in [7, 11) is 1.68.